The summed E-state index contributed by atoms with van der Waals surface area (Å²) in [6, 6.07) is 4.28. The number of aromatic nitrogens is 2. The van der Waals surface area contributed by atoms with Crippen molar-refractivity contribution in [1.82, 2.24) is 20.0 Å². The Balaban J connectivity index is 2.00. The monoisotopic (exact) mass is 373 g/mol. The van der Waals surface area contributed by atoms with Crippen molar-refractivity contribution in [2.24, 2.45) is 5.73 Å². The van der Waals surface area contributed by atoms with Gasteiger partial charge in [0.2, 0.25) is 0 Å². The number of hydrogen-bond acceptors (Lipinski definition) is 3. The van der Waals surface area contributed by atoms with Gasteiger partial charge in [-0.3, -0.25) is 9.48 Å². The van der Waals surface area contributed by atoms with Crippen molar-refractivity contribution >= 4 is 11.9 Å². The second-order valence-electron chi connectivity index (χ2n) is 7.88. The van der Waals surface area contributed by atoms with Crippen molar-refractivity contribution in [3.63, 3.8) is 0 Å². The number of urea groups is 1. The predicted octanol–water partition coefficient (Wildman–Crippen LogP) is 2.42. The van der Waals surface area contributed by atoms with Crippen molar-refractivity contribution in [2.45, 2.75) is 46.3 Å². The van der Waals surface area contributed by atoms with Crippen molar-refractivity contribution in [2.75, 3.05) is 6.54 Å². The summed E-state index contributed by atoms with van der Waals surface area (Å²) in [6.07, 6.45) is 0. The summed E-state index contributed by atoms with van der Waals surface area (Å²) >= 11 is 0. The fourth-order valence-corrected chi connectivity index (χ4v) is 3.22. The molecule has 3 N–H and O–H groups in total. The zero-order chi connectivity index (χ0) is 19.9. The van der Waals surface area contributed by atoms with E-state index in [4.69, 9.17) is 5.73 Å². The number of nitrogens with zero attached hydrogens (tertiary/aromatic N) is 3. The smallest absolute Gasteiger partial charge is 0.318 e. The quantitative estimate of drug-likeness (QED) is 0.847. The summed E-state index contributed by atoms with van der Waals surface area (Å²) in [7, 11) is 0. The first-order chi connectivity index (χ1) is 12.5. The lowest BCUT2D eigenvalue weighted by Crippen LogP contribution is -2.50. The molecule has 144 valence electrons. The van der Waals surface area contributed by atoms with Crippen LogP contribution in [0.15, 0.2) is 18.2 Å². The number of rotatable bonds is 2. The minimum atomic E-state index is -0.647. The highest BCUT2D eigenvalue weighted by atomic mass is 19.1. The number of carbonyl (C=O) groups is 2. The van der Waals surface area contributed by atoms with E-state index in [0.29, 0.717) is 30.0 Å². The van der Waals surface area contributed by atoms with Crippen LogP contribution in [0.2, 0.25) is 0 Å². The molecule has 1 aromatic carbocycles. The van der Waals surface area contributed by atoms with Crippen molar-refractivity contribution in [3.8, 4) is 11.3 Å². The number of benzene rings is 1. The van der Waals surface area contributed by atoms with Gasteiger partial charge in [-0.15, -0.1) is 0 Å². The Morgan fingerprint density at radius 1 is 1.22 bits per heavy atom. The molecule has 0 unspecified atom stereocenters. The lowest BCUT2D eigenvalue weighted by atomic mass is 10.0. The first kappa shape index (κ1) is 18.9. The maximum absolute atomic E-state index is 13.8. The number of halogens is 1. The molecule has 2 aromatic rings. The average molecular weight is 373 g/mol. The summed E-state index contributed by atoms with van der Waals surface area (Å²) in [5.74, 6) is -1.05. The zero-order valence-electron chi connectivity index (χ0n) is 16.0. The highest BCUT2D eigenvalue weighted by molar-refractivity contribution is 6.00. The molecule has 7 nitrogen and oxygen atoms in total. The van der Waals surface area contributed by atoms with E-state index in [2.05, 4.69) is 10.4 Å². The molecule has 0 spiro atoms. The van der Waals surface area contributed by atoms with Gasteiger partial charge in [0.05, 0.1) is 24.3 Å². The summed E-state index contributed by atoms with van der Waals surface area (Å²) < 4.78 is 15.5. The van der Waals surface area contributed by atoms with E-state index in [1.165, 1.54) is 12.1 Å². The van der Waals surface area contributed by atoms with Gasteiger partial charge in [0.15, 0.2) is 0 Å². The number of nitrogens with two attached hydrogens (primary N) is 1. The largest absolute Gasteiger partial charge is 0.365 e. The van der Waals surface area contributed by atoms with E-state index in [1.807, 2.05) is 20.8 Å². The SMILES string of the molecule is Cc1cc(F)cc(-c2nn3c(c2C(N)=O)CN(C(=O)NC(C)(C)C)CC3)c1. The number of fused-ring (bicyclic) bond motifs is 1. The van der Waals surface area contributed by atoms with Gasteiger partial charge in [0.1, 0.15) is 11.5 Å². The van der Waals surface area contributed by atoms with Crippen LogP contribution >= 0.6 is 0 Å². The number of primary amides is 1. The van der Waals surface area contributed by atoms with Crippen LogP contribution < -0.4 is 11.1 Å². The van der Waals surface area contributed by atoms with E-state index >= 15 is 0 Å². The number of amides is 3. The Bertz CT molecular complexity index is 893. The van der Waals surface area contributed by atoms with Gasteiger partial charge < -0.3 is 16.0 Å². The number of carbonyl (C=O) groups excluding carboxylic acids is 2. The summed E-state index contributed by atoms with van der Waals surface area (Å²) in [5, 5.41) is 7.40. The Hall–Kier alpha value is -2.90. The molecule has 0 radical (unpaired) electrons. The van der Waals surface area contributed by atoms with Gasteiger partial charge in [-0.1, -0.05) is 0 Å². The second-order valence-corrected chi connectivity index (χ2v) is 7.88. The lowest BCUT2D eigenvalue weighted by Gasteiger charge is -2.31. The van der Waals surface area contributed by atoms with Crippen molar-refractivity contribution in [3.05, 3.63) is 40.8 Å². The Kier molecular flexibility index (Phi) is 4.67. The van der Waals surface area contributed by atoms with E-state index in [1.54, 1.807) is 22.6 Å². The van der Waals surface area contributed by atoms with Crippen LogP contribution in [0.5, 0.6) is 0 Å². The molecule has 1 aromatic heterocycles. The van der Waals surface area contributed by atoms with Crippen LogP contribution in [-0.4, -0.2) is 38.7 Å². The molecule has 0 saturated heterocycles. The third kappa shape index (κ3) is 3.94. The first-order valence-electron chi connectivity index (χ1n) is 8.79. The maximum atomic E-state index is 13.8. The van der Waals surface area contributed by atoms with E-state index in [0.717, 1.165) is 5.56 Å². The van der Waals surface area contributed by atoms with Gasteiger partial charge in [-0.05, 0) is 51.5 Å². The van der Waals surface area contributed by atoms with Crippen molar-refractivity contribution < 1.29 is 14.0 Å². The fraction of sp³-hybridized carbons (Fsp3) is 0.421. The van der Waals surface area contributed by atoms with Crippen LogP contribution in [0.1, 0.15) is 42.4 Å². The Labute approximate surface area is 157 Å². The lowest BCUT2D eigenvalue weighted by molar-refractivity contribution is 0.0997. The summed E-state index contributed by atoms with van der Waals surface area (Å²) in [5.41, 5.74) is 7.60. The van der Waals surface area contributed by atoms with E-state index < -0.39 is 11.7 Å². The minimum Gasteiger partial charge on any atom is -0.365 e. The molecule has 1 aliphatic heterocycles. The Morgan fingerprint density at radius 3 is 2.52 bits per heavy atom. The van der Waals surface area contributed by atoms with Crippen LogP contribution in [0, 0.1) is 12.7 Å². The highest BCUT2D eigenvalue weighted by Crippen LogP contribution is 2.29. The normalized spacial score (nSPS) is 14.0. The predicted molar refractivity (Wildman–Crippen MR) is 99.6 cm³/mol. The molecular formula is C19H24FN5O2. The third-order valence-corrected chi connectivity index (χ3v) is 4.31. The molecular weight excluding hydrogens is 349 g/mol. The second kappa shape index (κ2) is 6.68. The molecule has 8 heteroatoms. The molecule has 1 aliphatic rings. The fourth-order valence-electron chi connectivity index (χ4n) is 3.22. The van der Waals surface area contributed by atoms with Crippen LogP contribution in [0.25, 0.3) is 11.3 Å². The van der Waals surface area contributed by atoms with E-state index in [-0.39, 0.29) is 23.7 Å². The van der Waals surface area contributed by atoms with Crippen LogP contribution in [-0.2, 0) is 13.1 Å². The molecule has 0 bridgehead atoms. The standard InChI is InChI=1S/C19H24FN5O2/c1-11-7-12(9-13(20)8-11)16-15(17(21)26)14-10-24(5-6-25(14)23-16)18(27)22-19(2,3)4/h7-9H,5-6,10H2,1-4H3,(H2,21,26)(H,22,27). The highest BCUT2D eigenvalue weighted by Gasteiger charge is 2.30. The van der Waals surface area contributed by atoms with Crippen molar-refractivity contribution in [1.29, 1.82) is 0 Å². The molecule has 3 rings (SSSR count). The molecule has 0 atom stereocenters. The topological polar surface area (TPSA) is 93.2 Å². The van der Waals surface area contributed by atoms with Gasteiger partial charge in [0, 0.05) is 17.6 Å². The first-order valence-corrected chi connectivity index (χ1v) is 8.79. The van der Waals surface area contributed by atoms with Crippen LogP contribution in [0.4, 0.5) is 9.18 Å². The van der Waals surface area contributed by atoms with Gasteiger partial charge >= 0.3 is 6.03 Å². The maximum Gasteiger partial charge on any atom is 0.318 e. The molecule has 3 amide bonds. The van der Waals surface area contributed by atoms with Gasteiger partial charge in [0.25, 0.3) is 5.91 Å². The molecule has 0 aliphatic carbocycles. The van der Waals surface area contributed by atoms with Gasteiger partial charge in [-0.25, -0.2) is 9.18 Å². The number of hydrogen-bond donors (Lipinski definition) is 2. The molecule has 27 heavy (non-hydrogen) atoms. The summed E-state index contributed by atoms with van der Waals surface area (Å²) in [6.45, 7) is 8.57. The Morgan fingerprint density at radius 2 is 1.93 bits per heavy atom. The minimum absolute atomic E-state index is 0.210. The van der Waals surface area contributed by atoms with Crippen LogP contribution in [0.3, 0.4) is 0 Å². The number of nitrogens with one attached hydrogen (secondary N) is 1. The zero-order valence-corrected chi connectivity index (χ0v) is 16.0. The summed E-state index contributed by atoms with van der Waals surface area (Å²) in [4.78, 5) is 26.3. The number of aryl methyl sites for hydroxylation is 1. The molecule has 0 fully saturated rings. The third-order valence-electron chi connectivity index (χ3n) is 4.31. The molecule has 2 heterocycles. The molecule has 0 saturated carbocycles. The van der Waals surface area contributed by atoms with E-state index in [9.17, 15) is 14.0 Å². The van der Waals surface area contributed by atoms with Gasteiger partial charge in [-0.2, -0.15) is 5.10 Å². The average Bonchev–Trinajstić information content (AvgIpc) is 2.90.